The monoisotopic (exact) mass is 579 g/mol. The third-order valence-corrected chi connectivity index (χ3v) is 7.96. The van der Waals surface area contributed by atoms with Crippen LogP contribution < -0.4 is 10.1 Å². The van der Waals surface area contributed by atoms with Crippen molar-refractivity contribution < 1.29 is 27.1 Å². The Morgan fingerprint density at radius 3 is 2.58 bits per heavy atom. The van der Waals surface area contributed by atoms with Crippen LogP contribution in [0.4, 0.5) is 4.39 Å². The second-order valence-electron chi connectivity index (χ2n) is 8.12. The number of hydrogen-bond acceptors (Lipinski definition) is 7. The molecule has 1 aliphatic rings. The average molecular weight is 581 g/mol. The number of hydrogen-bond donors (Lipinski definition) is 1. The van der Waals surface area contributed by atoms with Crippen molar-refractivity contribution in [1.82, 2.24) is 9.62 Å². The summed E-state index contributed by atoms with van der Waals surface area (Å²) in [5, 5.41) is 12.4. The lowest BCUT2D eigenvalue weighted by Crippen LogP contribution is -2.64. The van der Waals surface area contributed by atoms with Crippen LogP contribution in [0.25, 0.3) is 0 Å². The Morgan fingerprint density at radius 2 is 1.97 bits per heavy atom. The number of nitrogens with zero attached hydrogens (tertiary/aromatic N) is 2. The average Bonchev–Trinajstić information content (AvgIpc) is 2.77. The second kappa shape index (κ2) is 12.9. The van der Waals surface area contributed by atoms with E-state index in [0.717, 1.165) is 6.07 Å². The molecular formula is C23H25Cl3FN3O5S. The first-order valence-electron chi connectivity index (χ1n) is 10.7. The molecule has 0 unspecified atom stereocenters. The minimum atomic E-state index is -3.88. The quantitative estimate of drug-likeness (QED) is 0.316. The molecule has 0 amide bonds. The first-order chi connectivity index (χ1) is 16.6. The van der Waals surface area contributed by atoms with Crippen LogP contribution in [0.3, 0.4) is 0 Å². The number of nitriles is 1. The first-order valence-corrected chi connectivity index (χ1v) is 12.9. The Labute approximate surface area is 225 Å². The normalized spacial score (nSPS) is 14.8. The summed E-state index contributed by atoms with van der Waals surface area (Å²) in [4.78, 5) is 11.5. The van der Waals surface area contributed by atoms with Crippen LogP contribution in [0.15, 0.2) is 41.3 Å². The Bertz CT molecular complexity index is 1230. The highest BCUT2D eigenvalue weighted by Crippen LogP contribution is 2.37. The zero-order valence-corrected chi connectivity index (χ0v) is 22.4. The standard InChI is InChI=1S/C23H24Cl2FN3O5S.ClH/c1-2-33-22(30)7-8-28-12-23(15-34-18-5-3-16(11-27)20(26)10-18)13-29(14-23)35(31,32)21-6-4-17(24)9-19(21)25;/h3-6,9-10,28H,2,7-8,12-15H2,1H3;1H. The van der Waals surface area contributed by atoms with Crippen molar-refractivity contribution in [2.24, 2.45) is 5.41 Å². The minimum absolute atomic E-state index is 0. The molecule has 0 saturated carbocycles. The molecule has 0 aromatic heterocycles. The highest BCUT2D eigenvalue weighted by atomic mass is 35.5. The summed E-state index contributed by atoms with van der Waals surface area (Å²) in [6.07, 6.45) is 0.161. The van der Waals surface area contributed by atoms with Crippen molar-refractivity contribution >= 4 is 51.6 Å². The predicted octanol–water partition coefficient (Wildman–Crippen LogP) is 4.04. The highest BCUT2D eigenvalue weighted by Gasteiger charge is 2.49. The van der Waals surface area contributed by atoms with Gasteiger partial charge in [-0.05, 0) is 37.3 Å². The Balaban J connectivity index is 0.00000456. The van der Waals surface area contributed by atoms with Gasteiger partial charge in [0.05, 0.1) is 30.2 Å². The molecule has 2 aromatic rings. The summed E-state index contributed by atoms with van der Waals surface area (Å²) >= 11 is 12.0. The summed E-state index contributed by atoms with van der Waals surface area (Å²) in [6.45, 7) is 2.98. The Morgan fingerprint density at radius 1 is 1.25 bits per heavy atom. The number of esters is 1. The second-order valence-corrected chi connectivity index (χ2v) is 10.9. The van der Waals surface area contributed by atoms with Crippen LogP contribution >= 0.6 is 35.6 Å². The van der Waals surface area contributed by atoms with Crippen molar-refractivity contribution in [2.75, 3.05) is 39.4 Å². The molecule has 1 fully saturated rings. The molecular weight excluding hydrogens is 556 g/mol. The van der Waals surface area contributed by atoms with Gasteiger partial charge in [0.1, 0.15) is 22.5 Å². The van der Waals surface area contributed by atoms with Crippen molar-refractivity contribution in [2.45, 2.75) is 18.2 Å². The maximum Gasteiger partial charge on any atom is 0.307 e. The van der Waals surface area contributed by atoms with E-state index in [-0.39, 0.29) is 72.3 Å². The summed E-state index contributed by atoms with van der Waals surface area (Å²) < 4.78 is 52.1. The number of sulfonamides is 1. The molecule has 0 atom stereocenters. The van der Waals surface area contributed by atoms with E-state index in [1.165, 1.54) is 34.6 Å². The Kier molecular flexibility index (Phi) is 10.8. The summed E-state index contributed by atoms with van der Waals surface area (Å²) in [5.74, 6) is -0.829. The van der Waals surface area contributed by atoms with Crippen LogP contribution in [0.1, 0.15) is 18.9 Å². The van der Waals surface area contributed by atoms with Crippen molar-refractivity contribution in [1.29, 1.82) is 5.26 Å². The molecule has 1 heterocycles. The number of benzene rings is 2. The lowest BCUT2D eigenvalue weighted by Gasteiger charge is -2.49. The number of carbonyl (C=O) groups is 1. The van der Waals surface area contributed by atoms with E-state index in [9.17, 15) is 17.6 Å². The van der Waals surface area contributed by atoms with Gasteiger partial charge in [-0.1, -0.05) is 23.2 Å². The van der Waals surface area contributed by atoms with Crippen LogP contribution in [0.2, 0.25) is 10.0 Å². The molecule has 2 aromatic carbocycles. The topological polar surface area (TPSA) is 109 Å². The number of rotatable bonds is 11. The van der Waals surface area contributed by atoms with Gasteiger partial charge in [-0.3, -0.25) is 4.79 Å². The number of ether oxygens (including phenoxy) is 2. The van der Waals surface area contributed by atoms with Gasteiger partial charge in [0.15, 0.2) is 0 Å². The molecule has 1 N–H and O–H groups in total. The largest absolute Gasteiger partial charge is 0.493 e. The number of halogens is 4. The number of nitrogens with one attached hydrogen (secondary N) is 1. The van der Waals surface area contributed by atoms with Crippen LogP contribution in [-0.2, 0) is 19.6 Å². The predicted molar refractivity (Wildman–Crippen MR) is 136 cm³/mol. The molecule has 0 bridgehead atoms. The zero-order valence-electron chi connectivity index (χ0n) is 19.3. The van der Waals surface area contributed by atoms with Gasteiger partial charge in [0.2, 0.25) is 10.0 Å². The summed E-state index contributed by atoms with van der Waals surface area (Å²) in [7, 11) is -3.88. The molecule has 0 spiro atoms. The molecule has 1 saturated heterocycles. The van der Waals surface area contributed by atoms with Gasteiger partial charge in [0.25, 0.3) is 0 Å². The van der Waals surface area contributed by atoms with Gasteiger partial charge in [-0.2, -0.15) is 9.57 Å². The summed E-state index contributed by atoms with van der Waals surface area (Å²) in [6, 6.07) is 9.82. The van der Waals surface area contributed by atoms with E-state index in [1.54, 1.807) is 13.0 Å². The van der Waals surface area contributed by atoms with Gasteiger partial charge in [-0.15, -0.1) is 12.4 Å². The van der Waals surface area contributed by atoms with Crippen molar-refractivity contribution in [3.05, 3.63) is 57.8 Å². The molecule has 0 aliphatic carbocycles. The third-order valence-electron chi connectivity index (χ3n) is 5.45. The fraction of sp³-hybridized carbons (Fsp3) is 0.391. The lowest BCUT2D eigenvalue weighted by molar-refractivity contribution is -0.143. The van der Waals surface area contributed by atoms with Crippen LogP contribution in [0.5, 0.6) is 5.75 Å². The van der Waals surface area contributed by atoms with E-state index in [4.69, 9.17) is 37.9 Å². The third kappa shape index (κ3) is 7.22. The fourth-order valence-corrected chi connectivity index (χ4v) is 6.05. The Hall–Kier alpha value is -2.13. The molecule has 8 nitrogen and oxygen atoms in total. The molecule has 1 aliphatic heterocycles. The van der Waals surface area contributed by atoms with E-state index in [1.807, 2.05) is 0 Å². The molecule has 0 radical (unpaired) electrons. The van der Waals surface area contributed by atoms with Gasteiger partial charge in [0, 0.05) is 42.7 Å². The first kappa shape index (κ1) is 30.1. The van der Waals surface area contributed by atoms with E-state index in [2.05, 4.69) is 5.32 Å². The molecule has 3 rings (SSSR count). The van der Waals surface area contributed by atoms with Crippen molar-refractivity contribution in [3.63, 3.8) is 0 Å². The van der Waals surface area contributed by atoms with Gasteiger partial charge >= 0.3 is 5.97 Å². The van der Waals surface area contributed by atoms with E-state index in [0.29, 0.717) is 18.1 Å². The summed E-state index contributed by atoms with van der Waals surface area (Å²) in [5.41, 5.74) is -0.751. The van der Waals surface area contributed by atoms with Gasteiger partial charge in [-0.25, -0.2) is 12.8 Å². The molecule has 13 heteroatoms. The van der Waals surface area contributed by atoms with E-state index >= 15 is 0 Å². The smallest absolute Gasteiger partial charge is 0.307 e. The minimum Gasteiger partial charge on any atom is -0.493 e. The molecule has 36 heavy (non-hydrogen) atoms. The van der Waals surface area contributed by atoms with Gasteiger partial charge < -0.3 is 14.8 Å². The van der Waals surface area contributed by atoms with Crippen LogP contribution in [-0.4, -0.2) is 58.1 Å². The van der Waals surface area contributed by atoms with Crippen molar-refractivity contribution in [3.8, 4) is 11.8 Å². The zero-order chi connectivity index (χ0) is 25.6. The maximum atomic E-state index is 14.0. The van der Waals surface area contributed by atoms with Crippen LogP contribution in [0, 0.1) is 22.6 Å². The fourth-order valence-electron chi connectivity index (χ4n) is 3.64. The number of carbonyl (C=O) groups excluding carboxylic acids is 1. The maximum absolute atomic E-state index is 14.0. The van der Waals surface area contributed by atoms with E-state index < -0.39 is 21.3 Å². The SMILES string of the molecule is CCOC(=O)CCNCC1(COc2ccc(C#N)c(F)c2)CN(S(=O)(=O)c2ccc(Cl)cc2Cl)C1.Cl. The lowest BCUT2D eigenvalue weighted by atomic mass is 9.82. The molecule has 196 valence electrons. The highest BCUT2D eigenvalue weighted by molar-refractivity contribution is 7.89.